The van der Waals surface area contributed by atoms with Gasteiger partial charge in [-0.1, -0.05) is 18.2 Å². The largest absolute Gasteiger partial charge is 0.371 e. The molecular formula is C24H24N4O2S. The van der Waals surface area contributed by atoms with Gasteiger partial charge in [0.15, 0.2) is 0 Å². The summed E-state index contributed by atoms with van der Waals surface area (Å²) in [4.78, 5) is 27.4. The summed E-state index contributed by atoms with van der Waals surface area (Å²) in [7, 11) is 3.57. The Morgan fingerprint density at radius 3 is 2.90 bits per heavy atom. The maximum Gasteiger partial charge on any atom is 0.263 e. The smallest absolute Gasteiger partial charge is 0.263 e. The number of thiophene rings is 1. The van der Waals surface area contributed by atoms with Gasteiger partial charge >= 0.3 is 0 Å². The molecule has 1 aliphatic rings. The van der Waals surface area contributed by atoms with Crippen molar-refractivity contribution in [2.45, 2.75) is 12.6 Å². The summed E-state index contributed by atoms with van der Waals surface area (Å²) in [6, 6.07) is 14.5. The van der Waals surface area contributed by atoms with E-state index in [1.54, 1.807) is 25.2 Å². The van der Waals surface area contributed by atoms with Gasteiger partial charge in [0.25, 0.3) is 5.91 Å². The number of hydrogen-bond donors (Lipinski definition) is 0. The van der Waals surface area contributed by atoms with E-state index in [-0.39, 0.29) is 12.0 Å². The van der Waals surface area contributed by atoms with E-state index in [9.17, 15) is 4.79 Å². The zero-order chi connectivity index (χ0) is 21.4. The molecule has 4 heterocycles. The molecular weight excluding hydrogens is 408 g/mol. The predicted molar refractivity (Wildman–Crippen MR) is 123 cm³/mol. The zero-order valence-electron chi connectivity index (χ0n) is 17.6. The van der Waals surface area contributed by atoms with Gasteiger partial charge in [-0.2, -0.15) is 0 Å². The Labute approximate surface area is 185 Å². The normalized spacial score (nSPS) is 17.3. The van der Waals surface area contributed by atoms with Crippen LogP contribution in [0.4, 0.5) is 0 Å². The van der Waals surface area contributed by atoms with Gasteiger partial charge in [-0.3, -0.25) is 14.7 Å². The lowest BCUT2D eigenvalue weighted by molar-refractivity contribution is -0.0323. The Hall–Kier alpha value is -2.87. The highest BCUT2D eigenvalue weighted by molar-refractivity contribution is 7.20. The number of benzene rings is 1. The Bertz CT molecular complexity index is 1250. The van der Waals surface area contributed by atoms with Gasteiger partial charge in [0.1, 0.15) is 9.71 Å². The first-order chi connectivity index (χ1) is 15.1. The quantitative estimate of drug-likeness (QED) is 0.486. The molecule has 0 aliphatic carbocycles. The average Bonchev–Trinajstić information content (AvgIpc) is 3.18. The third-order valence-corrected chi connectivity index (χ3v) is 6.77. The van der Waals surface area contributed by atoms with Crippen LogP contribution in [0, 0.1) is 0 Å². The van der Waals surface area contributed by atoms with Crippen molar-refractivity contribution in [3.8, 4) is 0 Å². The van der Waals surface area contributed by atoms with Crippen molar-refractivity contribution in [3.05, 3.63) is 70.9 Å². The Balaban J connectivity index is 1.44. The molecule has 31 heavy (non-hydrogen) atoms. The summed E-state index contributed by atoms with van der Waals surface area (Å²) < 4.78 is 6.20. The van der Waals surface area contributed by atoms with Crippen LogP contribution in [0.1, 0.15) is 26.9 Å². The highest BCUT2D eigenvalue weighted by atomic mass is 32.1. The van der Waals surface area contributed by atoms with E-state index in [1.165, 1.54) is 16.9 Å². The van der Waals surface area contributed by atoms with Crippen LogP contribution in [0.15, 0.2) is 54.9 Å². The van der Waals surface area contributed by atoms with Crippen LogP contribution in [0.5, 0.6) is 0 Å². The summed E-state index contributed by atoms with van der Waals surface area (Å²) in [5.74, 6) is 0.000697. The van der Waals surface area contributed by atoms with E-state index in [1.807, 2.05) is 24.4 Å². The number of ether oxygens (including phenoxy) is 1. The maximum atomic E-state index is 12.9. The molecule has 1 atom stereocenters. The minimum Gasteiger partial charge on any atom is -0.371 e. The maximum absolute atomic E-state index is 12.9. The first-order valence-electron chi connectivity index (χ1n) is 10.4. The fourth-order valence-corrected chi connectivity index (χ4v) is 5.35. The highest BCUT2D eigenvalue weighted by Crippen LogP contribution is 2.38. The predicted octanol–water partition coefficient (Wildman–Crippen LogP) is 4.12. The summed E-state index contributed by atoms with van der Waals surface area (Å²) in [6.45, 7) is 3.06. The van der Waals surface area contributed by atoms with E-state index >= 15 is 0 Å². The van der Waals surface area contributed by atoms with Crippen LogP contribution in [-0.4, -0.2) is 59.5 Å². The lowest BCUT2D eigenvalue weighted by Gasteiger charge is -2.33. The number of aromatic nitrogens is 2. The van der Waals surface area contributed by atoms with Gasteiger partial charge in [-0.15, -0.1) is 11.3 Å². The van der Waals surface area contributed by atoms with Gasteiger partial charge in [0.2, 0.25) is 0 Å². The Kier molecular flexibility index (Phi) is 5.40. The van der Waals surface area contributed by atoms with Crippen LogP contribution in [0.3, 0.4) is 0 Å². The van der Waals surface area contributed by atoms with Gasteiger partial charge < -0.3 is 9.64 Å². The first kappa shape index (κ1) is 20.1. The molecule has 0 radical (unpaired) electrons. The van der Waals surface area contributed by atoms with Crippen molar-refractivity contribution < 1.29 is 9.53 Å². The zero-order valence-corrected chi connectivity index (χ0v) is 18.4. The number of rotatable bonds is 4. The summed E-state index contributed by atoms with van der Waals surface area (Å²) in [5, 5.41) is 2.17. The lowest BCUT2D eigenvalue weighted by Crippen LogP contribution is -2.38. The van der Waals surface area contributed by atoms with Gasteiger partial charge in [0.05, 0.1) is 18.2 Å². The fourth-order valence-electron chi connectivity index (χ4n) is 4.14. The molecule has 0 N–H and O–H groups in total. The molecule has 4 aromatic rings. The number of hydrogen-bond acceptors (Lipinski definition) is 6. The van der Waals surface area contributed by atoms with Gasteiger partial charge in [-0.25, -0.2) is 4.98 Å². The van der Waals surface area contributed by atoms with Crippen LogP contribution >= 0.6 is 11.3 Å². The van der Waals surface area contributed by atoms with Crippen molar-refractivity contribution in [1.29, 1.82) is 0 Å². The SMILES string of the molecule is CN(C)C(=O)c1sc2ncccc2c1[C@H]1CN(Cc2ccc3ncccc3c2)CCO1. The van der Waals surface area contributed by atoms with Gasteiger partial charge in [0, 0.05) is 62.5 Å². The Morgan fingerprint density at radius 2 is 2.03 bits per heavy atom. The van der Waals surface area contributed by atoms with Crippen molar-refractivity contribution in [3.63, 3.8) is 0 Å². The van der Waals surface area contributed by atoms with Crippen molar-refractivity contribution in [2.75, 3.05) is 33.8 Å². The molecule has 1 fully saturated rings. The third-order valence-electron chi connectivity index (χ3n) is 5.65. The number of morpholine rings is 1. The van der Waals surface area contributed by atoms with Crippen LogP contribution in [-0.2, 0) is 11.3 Å². The number of carbonyl (C=O) groups is 1. The van der Waals surface area contributed by atoms with E-state index in [0.29, 0.717) is 6.61 Å². The molecule has 1 saturated heterocycles. The fraction of sp³-hybridized carbons (Fsp3) is 0.292. The third kappa shape index (κ3) is 3.92. The van der Waals surface area contributed by atoms with E-state index in [4.69, 9.17) is 4.74 Å². The summed E-state index contributed by atoms with van der Waals surface area (Å²) >= 11 is 1.45. The van der Waals surface area contributed by atoms with E-state index in [0.717, 1.165) is 51.2 Å². The number of amides is 1. The number of fused-ring (bicyclic) bond motifs is 2. The van der Waals surface area contributed by atoms with Crippen LogP contribution in [0.2, 0.25) is 0 Å². The molecule has 5 rings (SSSR count). The number of pyridine rings is 2. The molecule has 7 heteroatoms. The molecule has 6 nitrogen and oxygen atoms in total. The highest BCUT2D eigenvalue weighted by Gasteiger charge is 2.30. The van der Waals surface area contributed by atoms with Crippen molar-refractivity contribution >= 4 is 38.4 Å². The second-order valence-corrected chi connectivity index (χ2v) is 9.02. The van der Waals surface area contributed by atoms with E-state index in [2.05, 4.69) is 39.1 Å². The molecule has 0 unspecified atom stereocenters. The lowest BCUT2D eigenvalue weighted by atomic mass is 10.0. The molecule has 0 saturated carbocycles. The van der Waals surface area contributed by atoms with Crippen molar-refractivity contribution in [1.82, 2.24) is 19.8 Å². The molecule has 1 amide bonds. The standard InChI is InChI=1S/C24H24N4O2S/c1-27(2)24(29)22-21(18-6-4-10-26-23(18)31-22)20-15-28(11-12-30-20)14-16-7-8-19-17(13-16)5-3-9-25-19/h3-10,13,20H,11-12,14-15H2,1-2H3/t20-/m1/s1. The minimum atomic E-state index is -0.160. The summed E-state index contributed by atoms with van der Waals surface area (Å²) in [6.07, 6.45) is 3.43. The average molecular weight is 433 g/mol. The second-order valence-electron chi connectivity index (χ2n) is 8.03. The minimum absolute atomic E-state index is 0.000697. The molecule has 0 spiro atoms. The molecule has 1 aromatic carbocycles. The summed E-state index contributed by atoms with van der Waals surface area (Å²) in [5.41, 5.74) is 3.23. The molecule has 0 bridgehead atoms. The second kappa shape index (κ2) is 8.34. The number of carbonyl (C=O) groups excluding carboxylic acids is 1. The monoisotopic (exact) mass is 432 g/mol. The van der Waals surface area contributed by atoms with E-state index < -0.39 is 0 Å². The molecule has 1 aliphatic heterocycles. The molecule has 3 aromatic heterocycles. The van der Waals surface area contributed by atoms with Gasteiger partial charge in [-0.05, 0) is 29.8 Å². The topological polar surface area (TPSA) is 58.6 Å². The van der Waals surface area contributed by atoms with Crippen LogP contribution in [0.25, 0.3) is 21.1 Å². The molecule has 158 valence electrons. The number of nitrogens with zero attached hydrogens (tertiary/aromatic N) is 4. The van der Waals surface area contributed by atoms with Crippen molar-refractivity contribution in [2.24, 2.45) is 0 Å². The first-order valence-corrected chi connectivity index (χ1v) is 11.2. The van der Waals surface area contributed by atoms with Crippen LogP contribution < -0.4 is 0 Å². The Morgan fingerprint density at radius 1 is 1.19 bits per heavy atom.